The van der Waals surface area contributed by atoms with Gasteiger partial charge in [-0.3, -0.25) is 4.90 Å². The topological polar surface area (TPSA) is 57.6 Å². The fourth-order valence-electron chi connectivity index (χ4n) is 2.62. The highest BCUT2D eigenvalue weighted by Crippen LogP contribution is 2.29. The molecule has 0 radical (unpaired) electrons. The Balaban J connectivity index is 2.22. The Morgan fingerprint density at radius 1 is 1.47 bits per heavy atom. The molecule has 106 valence electrons. The maximum atomic E-state index is 13.8. The van der Waals surface area contributed by atoms with Gasteiger partial charge in [-0.25, -0.2) is 12.8 Å². The molecule has 1 N–H and O–H groups in total. The molecule has 0 amide bonds. The minimum atomic E-state index is -2.97. The van der Waals surface area contributed by atoms with Crippen LogP contribution in [0.2, 0.25) is 0 Å². The number of sulfone groups is 1. The van der Waals surface area contributed by atoms with Crippen LogP contribution in [0.15, 0.2) is 18.2 Å². The number of nitrogens with zero attached hydrogens (tertiary/aromatic N) is 1. The molecule has 1 aliphatic rings. The maximum absolute atomic E-state index is 13.8. The third-order valence-corrected chi connectivity index (χ3v) is 5.45. The van der Waals surface area contributed by atoms with Crippen LogP contribution >= 0.6 is 0 Å². The lowest BCUT2D eigenvalue weighted by Gasteiger charge is -2.38. The molecular formula is C13H18FNO3S. The lowest BCUT2D eigenvalue weighted by atomic mass is 10.0. The molecular weight excluding hydrogens is 269 g/mol. The van der Waals surface area contributed by atoms with Crippen LogP contribution in [0.25, 0.3) is 0 Å². The highest BCUT2D eigenvalue weighted by Gasteiger charge is 2.32. The van der Waals surface area contributed by atoms with Crippen molar-refractivity contribution in [3.05, 3.63) is 29.6 Å². The Morgan fingerprint density at radius 3 is 2.74 bits per heavy atom. The second kappa shape index (κ2) is 5.09. The van der Waals surface area contributed by atoms with Crippen LogP contribution in [0.1, 0.15) is 25.5 Å². The first-order valence-electron chi connectivity index (χ1n) is 6.25. The molecule has 1 aromatic rings. The molecule has 1 aromatic carbocycles. The third-order valence-electron chi connectivity index (χ3n) is 3.65. The lowest BCUT2D eigenvalue weighted by molar-refractivity contribution is 0.166. The molecule has 2 unspecified atom stereocenters. The molecule has 0 aromatic heterocycles. The van der Waals surface area contributed by atoms with Gasteiger partial charge >= 0.3 is 0 Å². The Bertz CT molecular complexity index is 573. The summed E-state index contributed by atoms with van der Waals surface area (Å²) in [5, 5.41) is 9.22. The molecule has 0 saturated carbocycles. The first-order valence-corrected chi connectivity index (χ1v) is 8.07. The zero-order valence-corrected chi connectivity index (χ0v) is 11.8. The van der Waals surface area contributed by atoms with Crippen LogP contribution in [-0.4, -0.2) is 42.5 Å². The van der Waals surface area contributed by atoms with Crippen molar-refractivity contribution in [2.45, 2.75) is 25.9 Å². The van der Waals surface area contributed by atoms with Gasteiger partial charge < -0.3 is 5.11 Å². The lowest BCUT2D eigenvalue weighted by Crippen LogP contribution is -2.47. The van der Waals surface area contributed by atoms with Gasteiger partial charge in [-0.1, -0.05) is 6.07 Å². The van der Waals surface area contributed by atoms with Crippen LogP contribution < -0.4 is 0 Å². The minimum absolute atomic E-state index is 0.108. The highest BCUT2D eigenvalue weighted by atomic mass is 32.2. The van der Waals surface area contributed by atoms with Crippen molar-refractivity contribution in [1.29, 1.82) is 0 Å². The van der Waals surface area contributed by atoms with Gasteiger partial charge in [0.15, 0.2) is 9.84 Å². The number of benzene rings is 1. The van der Waals surface area contributed by atoms with Crippen molar-refractivity contribution in [2.75, 3.05) is 18.1 Å². The molecule has 19 heavy (non-hydrogen) atoms. The van der Waals surface area contributed by atoms with E-state index in [4.69, 9.17) is 0 Å². The van der Waals surface area contributed by atoms with Crippen LogP contribution in [-0.2, 0) is 9.84 Å². The van der Waals surface area contributed by atoms with Crippen molar-refractivity contribution >= 4 is 9.84 Å². The quantitative estimate of drug-likeness (QED) is 0.899. The van der Waals surface area contributed by atoms with E-state index in [2.05, 4.69) is 0 Å². The Labute approximate surface area is 112 Å². The average Bonchev–Trinajstić information content (AvgIpc) is 2.26. The van der Waals surface area contributed by atoms with Gasteiger partial charge in [0.25, 0.3) is 0 Å². The number of hydrogen-bond acceptors (Lipinski definition) is 4. The van der Waals surface area contributed by atoms with Gasteiger partial charge in [0, 0.05) is 30.3 Å². The van der Waals surface area contributed by atoms with E-state index in [0.717, 1.165) is 6.07 Å². The van der Waals surface area contributed by atoms with E-state index in [9.17, 15) is 17.9 Å². The number of phenolic OH excluding ortho intramolecular Hbond substituents is 1. The summed E-state index contributed by atoms with van der Waals surface area (Å²) in [4.78, 5) is 1.98. The molecule has 1 aliphatic heterocycles. The molecule has 0 bridgehead atoms. The summed E-state index contributed by atoms with van der Waals surface area (Å²) < 4.78 is 36.9. The summed E-state index contributed by atoms with van der Waals surface area (Å²) in [6, 6.07) is 3.72. The van der Waals surface area contributed by atoms with Crippen molar-refractivity contribution in [2.24, 2.45) is 0 Å². The highest BCUT2D eigenvalue weighted by molar-refractivity contribution is 7.91. The number of aromatic hydroxyl groups is 1. The van der Waals surface area contributed by atoms with Crippen molar-refractivity contribution in [3.8, 4) is 5.75 Å². The zero-order valence-electron chi connectivity index (χ0n) is 11.0. The van der Waals surface area contributed by atoms with E-state index in [-0.39, 0.29) is 29.3 Å². The minimum Gasteiger partial charge on any atom is -0.508 e. The molecule has 4 nitrogen and oxygen atoms in total. The van der Waals surface area contributed by atoms with E-state index < -0.39 is 15.7 Å². The van der Waals surface area contributed by atoms with Crippen LogP contribution in [0.5, 0.6) is 5.75 Å². The van der Waals surface area contributed by atoms with Crippen LogP contribution in [0.3, 0.4) is 0 Å². The normalized spacial score (nSPS) is 25.1. The third kappa shape index (κ3) is 3.06. The van der Waals surface area contributed by atoms with Crippen molar-refractivity contribution in [3.63, 3.8) is 0 Å². The molecule has 1 heterocycles. The first-order chi connectivity index (χ1) is 8.80. The van der Waals surface area contributed by atoms with Crippen molar-refractivity contribution in [1.82, 2.24) is 4.90 Å². The van der Waals surface area contributed by atoms with E-state index in [1.54, 1.807) is 6.07 Å². The monoisotopic (exact) mass is 287 g/mol. The van der Waals surface area contributed by atoms with Gasteiger partial charge in [0.2, 0.25) is 0 Å². The van der Waals surface area contributed by atoms with Gasteiger partial charge in [-0.2, -0.15) is 0 Å². The number of phenols is 1. The van der Waals surface area contributed by atoms with E-state index in [1.807, 2.05) is 18.7 Å². The fraction of sp³-hybridized carbons (Fsp3) is 0.538. The van der Waals surface area contributed by atoms with Gasteiger partial charge in [-0.15, -0.1) is 0 Å². The molecule has 0 aliphatic carbocycles. The second-order valence-corrected chi connectivity index (χ2v) is 7.31. The van der Waals surface area contributed by atoms with Crippen LogP contribution in [0.4, 0.5) is 4.39 Å². The average molecular weight is 287 g/mol. The molecule has 2 atom stereocenters. The number of rotatable bonds is 2. The smallest absolute Gasteiger partial charge is 0.153 e. The second-order valence-electron chi connectivity index (χ2n) is 5.08. The predicted molar refractivity (Wildman–Crippen MR) is 71.3 cm³/mol. The maximum Gasteiger partial charge on any atom is 0.153 e. The Kier molecular flexibility index (Phi) is 3.82. The molecule has 1 fully saturated rings. The number of halogens is 1. The summed E-state index contributed by atoms with van der Waals surface area (Å²) >= 11 is 0. The Hall–Kier alpha value is -1.14. The summed E-state index contributed by atoms with van der Waals surface area (Å²) in [6.07, 6.45) is 0. The van der Waals surface area contributed by atoms with Crippen LogP contribution in [0, 0.1) is 5.82 Å². The molecule has 2 rings (SSSR count). The first kappa shape index (κ1) is 14.3. The van der Waals surface area contributed by atoms with Crippen molar-refractivity contribution < 1.29 is 17.9 Å². The summed E-state index contributed by atoms with van der Waals surface area (Å²) in [7, 11) is -2.97. The van der Waals surface area contributed by atoms with Gasteiger partial charge in [-0.05, 0) is 19.9 Å². The van der Waals surface area contributed by atoms with E-state index in [0.29, 0.717) is 12.1 Å². The standard InChI is InChI=1S/C13H18FNO3S/c1-9-8-19(17,18)6-5-15(9)10(2)12-4-3-11(16)7-13(12)14/h3-4,7,9-10,16H,5-6,8H2,1-2H3. The summed E-state index contributed by atoms with van der Waals surface area (Å²) in [6.45, 7) is 4.10. The fourth-order valence-corrected chi connectivity index (χ4v) is 4.20. The van der Waals surface area contributed by atoms with Gasteiger partial charge in [0.1, 0.15) is 11.6 Å². The summed E-state index contributed by atoms with van der Waals surface area (Å²) in [5.41, 5.74) is 0.476. The number of hydrogen-bond donors (Lipinski definition) is 1. The SMILES string of the molecule is CC1CS(=O)(=O)CCN1C(C)c1ccc(O)cc1F. The molecule has 6 heteroatoms. The zero-order chi connectivity index (χ0) is 14.2. The summed E-state index contributed by atoms with van der Waals surface area (Å²) in [5.74, 6) is -0.353. The van der Waals surface area contributed by atoms with E-state index >= 15 is 0 Å². The predicted octanol–water partition coefficient (Wildman–Crippen LogP) is 1.71. The van der Waals surface area contributed by atoms with E-state index in [1.165, 1.54) is 6.07 Å². The molecule has 1 saturated heterocycles. The molecule has 0 spiro atoms. The Morgan fingerprint density at radius 2 is 2.16 bits per heavy atom. The van der Waals surface area contributed by atoms with Gasteiger partial charge in [0.05, 0.1) is 11.5 Å². The largest absolute Gasteiger partial charge is 0.508 e.